The smallest absolute Gasteiger partial charge is 0.316 e. The number of aromatic nitrogens is 2. The van der Waals surface area contributed by atoms with E-state index in [2.05, 4.69) is 20.6 Å². The molecule has 0 aliphatic carbocycles. The fourth-order valence-corrected chi connectivity index (χ4v) is 1.39. The highest BCUT2D eigenvalue weighted by Gasteiger charge is 1.97. The first kappa shape index (κ1) is 11.0. The van der Waals surface area contributed by atoms with Crippen LogP contribution in [0.25, 0.3) is 0 Å². The monoisotopic (exact) mass is 231 g/mol. The molecule has 0 saturated carbocycles. The van der Waals surface area contributed by atoms with E-state index in [0.29, 0.717) is 12.2 Å². The van der Waals surface area contributed by atoms with Gasteiger partial charge in [-0.3, -0.25) is 0 Å². The van der Waals surface area contributed by atoms with E-state index in [1.54, 1.807) is 24.5 Å². The van der Waals surface area contributed by atoms with E-state index in [9.17, 15) is 4.79 Å². The largest absolute Gasteiger partial charge is 0.378 e. The van der Waals surface area contributed by atoms with Gasteiger partial charge in [-0.05, 0) is 24.3 Å². The topological polar surface area (TPSA) is 95.8 Å². The number of nitrogens with two attached hydrogens (primary N) is 1. The van der Waals surface area contributed by atoms with Crippen LogP contribution in [0.15, 0.2) is 36.7 Å². The lowest BCUT2D eigenvalue weighted by molar-refractivity contribution is 0.259. The summed E-state index contributed by atoms with van der Waals surface area (Å²) in [5.74, 6) is 0.865. The highest BCUT2D eigenvalue weighted by atomic mass is 16.2. The standard InChI is InChI=1S/C11H13N5O/c12-11(17)16-9-3-1-8(2-4-9)15-7-10-13-5-6-14-10/h1-6,15H,7H2,(H,13,14)(H3,12,16,17). The molecule has 0 fully saturated rings. The van der Waals surface area contributed by atoms with Crippen molar-refractivity contribution < 1.29 is 4.79 Å². The summed E-state index contributed by atoms with van der Waals surface area (Å²) in [6.45, 7) is 0.621. The lowest BCUT2D eigenvalue weighted by atomic mass is 10.3. The number of amides is 2. The molecule has 2 amide bonds. The summed E-state index contributed by atoms with van der Waals surface area (Å²) in [6.07, 6.45) is 3.48. The van der Waals surface area contributed by atoms with Crippen LogP contribution in [0.3, 0.4) is 0 Å². The van der Waals surface area contributed by atoms with E-state index < -0.39 is 6.03 Å². The summed E-state index contributed by atoms with van der Waals surface area (Å²) in [6, 6.07) is 6.69. The van der Waals surface area contributed by atoms with Gasteiger partial charge in [-0.15, -0.1) is 0 Å². The molecule has 88 valence electrons. The third-order valence-electron chi connectivity index (χ3n) is 2.17. The molecule has 1 aromatic heterocycles. The maximum Gasteiger partial charge on any atom is 0.316 e. The quantitative estimate of drug-likeness (QED) is 0.642. The molecule has 5 N–H and O–H groups in total. The second-order valence-corrected chi connectivity index (χ2v) is 3.46. The molecule has 17 heavy (non-hydrogen) atoms. The van der Waals surface area contributed by atoms with Crippen LogP contribution in [-0.2, 0) is 6.54 Å². The van der Waals surface area contributed by atoms with Crippen LogP contribution in [0.2, 0.25) is 0 Å². The highest BCUT2D eigenvalue weighted by molar-refractivity contribution is 5.87. The maximum absolute atomic E-state index is 10.6. The Labute approximate surface area is 98.2 Å². The number of hydrogen-bond acceptors (Lipinski definition) is 3. The second-order valence-electron chi connectivity index (χ2n) is 3.46. The minimum atomic E-state index is -0.568. The average Bonchev–Trinajstić information content (AvgIpc) is 2.80. The Kier molecular flexibility index (Phi) is 3.25. The Morgan fingerprint density at radius 3 is 2.59 bits per heavy atom. The number of carbonyl (C=O) groups is 1. The summed E-state index contributed by atoms with van der Waals surface area (Å²) in [5, 5.41) is 5.68. The summed E-state index contributed by atoms with van der Waals surface area (Å²) in [5.41, 5.74) is 6.62. The average molecular weight is 231 g/mol. The predicted molar refractivity (Wildman–Crippen MR) is 65.6 cm³/mol. The maximum atomic E-state index is 10.6. The van der Waals surface area contributed by atoms with E-state index in [-0.39, 0.29) is 0 Å². The van der Waals surface area contributed by atoms with Crippen molar-refractivity contribution in [2.75, 3.05) is 10.6 Å². The Morgan fingerprint density at radius 2 is 2.00 bits per heavy atom. The van der Waals surface area contributed by atoms with Crippen molar-refractivity contribution in [2.24, 2.45) is 5.73 Å². The number of urea groups is 1. The van der Waals surface area contributed by atoms with Crippen molar-refractivity contribution in [2.45, 2.75) is 6.54 Å². The van der Waals surface area contributed by atoms with E-state index in [4.69, 9.17) is 5.73 Å². The molecule has 0 radical (unpaired) electrons. The summed E-state index contributed by atoms with van der Waals surface area (Å²) < 4.78 is 0. The van der Waals surface area contributed by atoms with E-state index >= 15 is 0 Å². The molecule has 0 bridgehead atoms. The molecule has 2 rings (SSSR count). The van der Waals surface area contributed by atoms with E-state index in [1.807, 2.05) is 12.1 Å². The molecule has 0 aliphatic heterocycles. The van der Waals surface area contributed by atoms with Gasteiger partial charge >= 0.3 is 6.03 Å². The summed E-state index contributed by atoms with van der Waals surface area (Å²) in [4.78, 5) is 17.7. The van der Waals surface area contributed by atoms with E-state index in [0.717, 1.165) is 11.5 Å². The highest BCUT2D eigenvalue weighted by Crippen LogP contribution is 2.13. The van der Waals surface area contributed by atoms with Crippen molar-refractivity contribution in [3.8, 4) is 0 Å². The number of H-pyrrole nitrogens is 1. The number of carbonyl (C=O) groups excluding carboxylic acids is 1. The fourth-order valence-electron chi connectivity index (χ4n) is 1.39. The summed E-state index contributed by atoms with van der Waals surface area (Å²) in [7, 11) is 0. The van der Waals surface area contributed by atoms with Crippen LogP contribution in [0.5, 0.6) is 0 Å². The van der Waals surface area contributed by atoms with Crippen LogP contribution >= 0.6 is 0 Å². The number of imidazole rings is 1. The fraction of sp³-hybridized carbons (Fsp3) is 0.0909. The van der Waals surface area contributed by atoms with Crippen LogP contribution in [0.4, 0.5) is 16.2 Å². The van der Waals surface area contributed by atoms with E-state index in [1.165, 1.54) is 0 Å². The molecular formula is C11H13N5O. The number of primary amides is 1. The molecule has 1 heterocycles. The Balaban J connectivity index is 1.91. The van der Waals surface area contributed by atoms with Gasteiger partial charge in [0, 0.05) is 23.8 Å². The van der Waals surface area contributed by atoms with Gasteiger partial charge in [-0.1, -0.05) is 0 Å². The number of hydrogen-bond donors (Lipinski definition) is 4. The lowest BCUT2D eigenvalue weighted by Gasteiger charge is -2.06. The molecule has 0 atom stereocenters. The molecular weight excluding hydrogens is 218 g/mol. The van der Waals surface area contributed by atoms with Crippen LogP contribution in [-0.4, -0.2) is 16.0 Å². The molecule has 2 aromatic rings. The van der Waals surface area contributed by atoms with Crippen LogP contribution in [0, 0.1) is 0 Å². The number of anilines is 2. The van der Waals surface area contributed by atoms with Gasteiger partial charge < -0.3 is 21.4 Å². The minimum absolute atomic E-state index is 0.568. The molecule has 0 aliphatic rings. The Hall–Kier alpha value is -2.50. The minimum Gasteiger partial charge on any atom is -0.378 e. The van der Waals surface area contributed by atoms with Gasteiger partial charge in [0.2, 0.25) is 0 Å². The lowest BCUT2D eigenvalue weighted by Crippen LogP contribution is -2.19. The molecule has 0 saturated heterocycles. The van der Waals surface area contributed by atoms with Gasteiger partial charge in [-0.2, -0.15) is 0 Å². The van der Waals surface area contributed by atoms with Gasteiger partial charge in [0.05, 0.1) is 6.54 Å². The number of nitrogens with zero attached hydrogens (tertiary/aromatic N) is 1. The van der Waals surface area contributed by atoms with Crippen LogP contribution in [0.1, 0.15) is 5.82 Å². The number of rotatable bonds is 4. The SMILES string of the molecule is NC(=O)Nc1ccc(NCc2ncc[nH]2)cc1. The van der Waals surface area contributed by atoms with Crippen molar-refractivity contribution in [1.29, 1.82) is 0 Å². The molecule has 0 spiro atoms. The van der Waals surface area contributed by atoms with Crippen molar-refractivity contribution in [1.82, 2.24) is 9.97 Å². The first-order valence-electron chi connectivity index (χ1n) is 5.13. The number of benzene rings is 1. The zero-order chi connectivity index (χ0) is 12.1. The molecule has 1 aromatic carbocycles. The molecule has 6 heteroatoms. The molecule has 6 nitrogen and oxygen atoms in total. The number of nitrogens with one attached hydrogen (secondary N) is 3. The van der Waals surface area contributed by atoms with Gasteiger partial charge in [0.1, 0.15) is 5.82 Å². The number of aromatic amines is 1. The van der Waals surface area contributed by atoms with Crippen LogP contribution < -0.4 is 16.4 Å². The first-order valence-corrected chi connectivity index (χ1v) is 5.13. The van der Waals surface area contributed by atoms with Gasteiger partial charge in [-0.25, -0.2) is 9.78 Å². The Morgan fingerprint density at radius 1 is 1.29 bits per heavy atom. The third kappa shape index (κ3) is 3.23. The van der Waals surface area contributed by atoms with Gasteiger partial charge in [0.25, 0.3) is 0 Å². The normalized spacial score (nSPS) is 9.88. The van der Waals surface area contributed by atoms with Crippen molar-refractivity contribution >= 4 is 17.4 Å². The predicted octanol–water partition coefficient (Wildman–Crippen LogP) is 1.51. The van der Waals surface area contributed by atoms with Crippen molar-refractivity contribution in [3.05, 3.63) is 42.5 Å². The van der Waals surface area contributed by atoms with Crippen molar-refractivity contribution in [3.63, 3.8) is 0 Å². The zero-order valence-electron chi connectivity index (χ0n) is 9.10. The molecule has 0 unspecified atom stereocenters. The second kappa shape index (κ2) is 5.02. The first-order chi connectivity index (χ1) is 8.24. The third-order valence-corrected chi connectivity index (χ3v) is 2.17. The zero-order valence-corrected chi connectivity index (χ0v) is 9.10. The van der Waals surface area contributed by atoms with Gasteiger partial charge in [0.15, 0.2) is 0 Å². The summed E-state index contributed by atoms with van der Waals surface area (Å²) >= 11 is 0. The Bertz CT molecular complexity index is 477.